The van der Waals surface area contributed by atoms with E-state index in [0.29, 0.717) is 18.1 Å². The van der Waals surface area contributed by atoms with E-state index < -0.39 is 0 Å². The first kappa shape index (κ1) is 23.0. The second kappa shape index (κ2) is 10.2. The van der Waals surface area contributed by atoms with E-state index in [1.165, 1.54) is 36.3 Å². The number of likely N-dealkylation sites (tertiary alicyclic amines) is 1. The van der Waals surface area contributed by atoms with Gasteiger partial charge in [0, 0.05) is 51.5 Å². The number of pyridine rings is 2. The lowest BCUT2D eigenvalue weighted by Gasteiger charge is -2.44. The summed E-state index contributed by atoms with van der Waals surface area (Å²) in [6.45, 7) is 12.0. The number of aromatic nitrogens is 2. The Hall–Kier alpha value is -2.18. The third-order valence-corrected chi connectivity index (χ3v) is 7.23. The summed E-state index contributed by atoms with van der Waals surface area (Å²) in [7, 11) is 4.36. The minimum absolute atomic E-state index is 0.385. The average Bonchev–Trinajstić information content (AvgIpc) is 2.79. The summed E-state index contributed by atoms with van der Waals surface area (Å²) < 4.78 is 2.27. The van der Waals surface area contributed by atoms with Gasteiger partial charge < -0.3 is 14.4 Å². The Kier molecular flexibility index (Phi) is 7.31. The van der Waals surface area contributed by atoms with E-state index in [0.717, 1.165) is 38.2 Å². The van der Waals surface area contributed by atoms with Crippen LogP contribution in [-0.4, -0.2) is 71.2 Å². The lowest BCUT2D eigenvalue weighted by molar-refractivity contribution is 0.0521. The van der Waals surface area contributed by atoms with Crippen LogP contribution in [0.2, 0.25) is 0 Å². The van der Waals surface area contributed by atoms with Crippen molar-refractivity contribution in [2.24, 2.45) is 12.0 Å². The van der Waals surface area contributed by atoms with Crippen LogP contribution in [0.5, 0.6) is 0 Å². The fourth-order valence-corrected chi connectivity index (χ4v) is 5.46. The fraction of sp³-hybridized carbons (Fsp3) is 0.615. The van der Waals surface area contributed by atoms with Crippen LogP contribution in [-0.2, 0) is 7.05 Å². The lowest BCUT2D eigenvalue weighted by Crippen LogP contribution is -2.48. The molecule has 0 amide bonds. The Morgan fingerprint density at radius 3 is 2.53 bits per heavy atom. The van der Waals surface area contributed by atoms with Gasteiger partial charge in [-0.25, -0.2) is 0 Å². The molecule has 0 bridgehead atoms. The van der Waals surface area contributed by atoms with Crippen LogP contribution in [0.3, 0.4) is 0 Å². The van der Waals surface area contributed by atoms with E-state index in [1.54, 1.807) is 0 Å². The van der Waals surface area contributed by atoms with Crippen molar-refractivity contribution in [1.29, 1.82) is 0 Å². The quantitative estimate of drug-likeness (QED) is 0.720. The van der Waals surface area contributed by atoms with Crippen molar-refractivity contribution in [3.8, 4) is 0 Å². The van der Waals surface area contributed by atoms with Crippen molar-refractivity contribution < 1.29 is 0 Å². The zero-order chi connectivity index (χ0) is 22.7. The minimum Gasteiger partial charge on any atom is -0.355 e. The molecule has 0 unspecified atom stereocenters. The number of piperazine rings is 1. The molecule has 0 saturated carbocycles. The molecule has 2 aromatic heterocycles. The van der Waals surface area contributed by atoms with Gasteiger partial charge in [0.2, 0.25) is 0 Å². The highest BCUT2D eigenvalue weighted by Gasteiger charge is 2.34. The van der Waals surface area contributed by atoms with E-state index in [2.05, 4.69) is 78.4 Å². The third kappa shape index (κ3) is 4.91. The van der Waals surface area contributed by atoms with Crippen LogP contribution in [0.15, 0.2) is 41.5 Å². The number of aryl methyl sites for hydroxylation is 1. The van der Waals surface area contributed by atoms with E-state index in [9.17, 15) is 0 Å². The molecular weight excluding hydrogens is 396 g/mol. The molecule has 4 heterocycles. The monoisotopic (exact) mass is 436 g/mol. The van der Waals surface area contributed by atoms with Gasteiger partial charge in [0.05, 0.1) is 18.3 Å². The highest BCUT2D eigenvalue weighted by Crippen LogP contribution is 2.36. The molecule has 2 atom stereocenters. The maximum absolute atomic E-state index is 5.15. The highest BCUT2D eigenvalue weighted by atomic mass is 15.3. The first-order valence-electron chi connectivity index (χ1n) is 12.2. The normalized spacial score (nSPS) is 23.8. The molecule has 32 heavy (non-hydrogen) atoms. The molecule has 4 rings (SSSR count). The van der Waals surface area contributed by atoms with Crippen molar-refractivity contribution in [1.82, 2.24) is 19.4 Å². The maximum Gasteiger partial charge on any atom is 0.128 e. The molecule has 0 radical (unpaired) electrons. The molecular formula is C26H40N6. The van der Waals surface area contributed by atoms with Crippen LogP contribution in [0.1, 0.15) is 50.4 Å². The molecule has 0 N–H and O–H groups in total. The third-order valence-electron chi connectivity index (χ3n) is 7.23. The Labute approximate surface area is 193 Å². The SMILES string of the molecule is Cc1cccnc1[C@@H]1CCC[C@H](C/N=c2/cccc(N3CCN(C)CC3)n2C)N1C(C)C. The predicted octanol–water partition coefficient (Wildman–Crippen LogP) is 3.39. The summed E-state index contributed by atoms with van der Waals surface area (Å²) in [6, 6.07) is 12.1. The van der Waals surface area contributed by atoms with Crippen LogP contribution in [0.4, 0.5) is 5.82 Å². The molecule has 2 aliphatic heterocycles. The van der Waals surface area contributed by atoms with Crippen LogP contribution >= 0.6 is 0 Å². The molecule has 2 aliphatic rings. The summed E-state index contributed by atoms with van der Waals surface area (Å²) >= 11 is 0. The second-order valence-electron chi connectivity index (χ2n) is 9.78. The van der Waals surface area contributed by atoms with Crippen molar-refractivity contribution in [2.45, 2.75) is 58.2 Å². The molecule has 2 aromatic rings. The van der Waals surface area contributed by atoms with E-state index in [-0.39, 0.29) is 0 Å². The number of nitrogens with zero attached hydrogens (tertiary/aromatic N) is 6. The van der Waals surface area contributed by atoms with E-state index >= 15 is 0 Å². The van der Waals surface area contributed by atoms with Gasteiger partial charge in [-0.05, 0) is 70.8 Å². The summed E-state index contributed by atoms with van der Waals surface area (Å²) in [6.07, 6.45) is 5.56. The van der Waals surface area contributed by atoms with Gasteiger partial charge in [0.25, 0.3) is 0 Å². The van der Waals surface area contributed by atoms with Gasteiger partial charge in [-0.3, -0.25) is 14.9 Å². The number of hydrogen-bond donors (Lipinski definition) is 0. The molecule has 174 valence electrons. The largest absolute Gasteiger partial charge is 0.355 e. The Bertz CT molecular complexity index is 957. The summed E-state index contributed by atoms with van der Waals surface area (Å²) in [4.78, 5) is 17.5. The minimum atomic E-state index is 0.385. The van der Waals surface area contributed by atoms with E-state index in [1.807, 2.05) is 12.3 Å². The van der Waals surface area contributed by atoms with Gasteiger partial charge in [0.1, 0.15) is 11.3 Å². The molecule has 6 heteroatoms. The smallest absolute Gasteiger partial charge is 0.128 e. The highest BCUT2D eigenvalue weighted by molar-refractivity contribution is 5.39. The van der Waals surface area contributed by atoms with Gasteiger partial charge in [-0.2, -0.15) is 0 Å². The molecule has 2 saturated heterocycles. The first-order chi connectivity index (χ1) is 15.5. The molecule has 0 spiro atoms. The Morgan fingerprint density at radius 1 is 1.03 bits per heavy atom. The van der Waals surface area contributed by atoms with Crippen LogP contribution < -0.4 is 10.4 Å². The zero-order valence-corrected chi connectivity index (χ0v) is 20.5. The van der Waals surface area contributed by atoms with Crippen molar-refractivity contribution in [2.75, 3.05) is 44.7 Å². The summed E-state index contributed by atoms with van der Waals surface area (Å²) in [5.74, 6) is 1.27. The predicted molar refractivity (Wildman–Crippen MR) is 132 cm³/mol. The van der Waals surface area contributed by atoms with Gasteiger partial charge >= 0.3 is 0 Å². The molecule has 2 fully saturated rings. The molecule has 0 aliphatic carbocycles. The van der Waals surface area contributed by atoms with Crippen molar-refractivity contribution in [3.63, 3.8) is 0 Å². The van der Waals surface area contributed by atoms with Crippen molar-refractivity contribution in [3.05, 3.63) is 53.3 Å². The van der Waals surface area contributed by atoms with Gasteiger partial charge in [-0.1, -0.05) is 12.1 Å². The van der Waals surface area contributed by atoms with Gasteiger partial charge in [-0.15, -0.1) is 0 Å². The summed E-state index contributed by atoms with van der Waals surface area (Å²) in [5.41, 5.74) is 3.61. The molecule has 0 aromatic carbocycles. The number of piperidine rings is 1. The van der Waals surface area contributed by atoms with Gasteiger partial charge in [0.15, 0.2) is 0 Å². The number of likely N-dealkylation sites (N-methyl/N-ethyl adjacent to an activating group) is 1. The van der Waals surface area contributed by atoms with Crippen molar-refractivity contribution >= 4 is 5.82 Å². The van der Waals surface area contributed by atoms with Crippen LogP contribution in [0, 0.1) is 6.92 Å². The first-order valence-corrected chi connectivity index (χ1v) is 12.2. The Balaban J connectivity index is 1.57. The zero-order valence-electron chi connectivity index (χ0n) is 20.5. The number of hydrogen-bond acceptors (Lipinski definition) is 5. The fourth-order valence-electron chi connectivity index (χ4n) is 5.46. The van der Waals surface area contributed by atoms with Crippen LogP contribution in [0.25, 0.3) is 0 Å². The maximum atomic E-state index is 5.15. The second-order valence-corrected chi connectivity index (χ2v) is 9.78. The Morgan fingerprint density at radius 2 is 1.81 bits per heavy atom. The topological polar surface area (TPSA) is 39.9 Å². The number of rotatable bonds is 5. The van der Waals surface area contributed by atoms with E-state index in [4.69, 9.17) is 9.98 Å². The molecule has 6 nitrogen and oxygen atoms in total. The summed E-state index contributed by atoms with van der Waals surface area (Å²) in [5, 5.41) is 0. The number of anilines is 1. The lowest BCUT2D eigenvalue weighted by atomic mass is 9.90. The standard InChI is InChI=1S/C26H40N6/c1-20(2)32-22(10-6-11-23(32)26-21(3)9-8-14-27-26)19-28-24-12-7-13-25(30(24)5)31-17-15-29(4)16-18-31/h7-9,12-14,20,22-23H,6,10-11,15-19H2,1-5H3/b28-24-/t22-,23+/m1/s1. The average molecular weight is 437 g/mol.